The molecule has 9 heteroatoms. The maximum absolute atomic E-state index is 14.5. The number of aliphatic imine (C=N–C) groups is 1. The van der Waals surface area contributed by atoms with Gasteiger partial charge < -0.3 is 9.47 Å². The van der Waals surface area contributed by atoms with Crippen LogP contribution in [0, 0.1) is 17.6 Å². The number of hydrogen-bond acceptors (Lipinski definition) is 4. The Balaban J connectivity index is 1.63. The zero-order valence-electron chi connectivity index (χ0n) is 20.1. The second-order valence-electron chi connectivity index (χ2n) is 8.78. The van der Waals surface area contributed by atoms with Crippen molar-refractivity contribution >= 4 is 11.7 Å². The zero-order valence-corrected chi connectivity index (χ0v) is 20.1. The summed E-state index contributed by atoms with van der Waals surface area (Å²) in [4.78, 5) is 17.5. The first-order valence-electron chi connectivity index (χ1n) is 11.7. The van der Waals surface area contributed by atoms with Crippen LogP contribution in [0.5, 0.6) is 5.75 Å². The van der Waals surface area contributed by atoms with Crippen molar-refractivity contribution in [2.24, 2.45) is 10.9 Å². The van der Waals surface area contributed by atoms with Gasteiger partial charge in [0.2, 0.25) is 0 Å². The lowest BCUT2D eigenvalue weighted by Gasteiger charge is -2.20. The number of hydrogen-bond donors (Lipinski definition) is 0. The maximum atomic E-state index is 14.5. The molecular formula is C28H24F5NO3. The summed E-state index contributed by atoms with van der Waals surface area (Å²) < 4.78 is 75.6. The van der Waals surface area contributed by atoms with E-state index in [0.29, 0.717) is 23.1 Å². The number of esters is 1. The topological polar surface area (TPSA) is 47.9 Å². The van der Waals surface area contributed by atoms with Crippen molar-refractivity contribution in [3.05, 3.63) is 89.5 Å². The molecule has 0 fully saturated rings. The van der Waals surface area contributed by atoms with Gasteiger partial charge in [-0.2, -0.15) is 0 Å². The third kappa shape index (κ3) is 6.15. The first-order chi connectivity index (χ1) is 17.6. The molecule has 0 saturated carbocycles. The standard InChI is InChI=1S/C28H24F5NO3/c1-3-16(2)36-27(35)21-15-24(25-22(29)5-4-6-23(25)30)34-26(21)19-9-7-17(8-10-19)18-11-13-20(14-12-18)37-28(31,32)33/h4-14,16,21,26H,3,15H2,1-2H3. The molecule has 0 saturated heterocycles. The van der Waals surface area contributed by atoms with Gasteiger partial charge in [-0.3, -0.25) is 9.79 Å². The number of nitrogens with zero attached hydrogens (tertiary/aromatic N) is 1. The predicted molar refractivity (Wildman–Crippen MR) is 128 cm³/mol. The molecule has 3 aromatic carbocycles. The highest BCUT2D eigenvalue weighted by atomic mass is 19.4. The molecule has 0 bridgehead atoms. The molecule has 0 spiro atoms. The van der Waals surface area contributed by atoms with Crippen LogP contribution in [0.25, 0.3) is 11.1 Å². The SMILES string of the molecule is CCC(C)OC(=O)C1CC(c2c(F)cccc2F)=NC1c1ccc(-c2ccc(OC(F)(F)F)cc2)cc1. The predicted octanol–water partition coefficient (Wildman–Crippen LogP) is 7.42. The van der Waals surface area contributed by atoms with Gasteiger partial charge in [0, 0.05) is 12.1 Å². The Labute approximate surface area is 210 Å². The zero-order chi connectivity index (χ0) is 26.7. The number of halogens is 5. The number of carbonyl (C=O) groups is 1. The van der Waals surface area contributed by atoms with E-state index in [4.69, 9.17) is 4.74 Å². The van der Waals surface area contributed by atoms with Gasteiger partial charge in [-0.25, -0.2) is 8.78 Å². The van der Waals surface area contributed by atoms with Crippen LogP contribution in [-0.2, 0) is 9.53 Å². The highest BCUT2D eigenvalue weighted by Gasteiger charge is 2.39. The van der Waals surface area contributed by atoms with Gasteiger partial charge in [0.05, 0.1) is 23.6 Å². The Morgan fingerprint density at radius 3 is 2.08 bits per heavy atom. The Kier molecular flexibility index (Phi) is 7.61. The fourth-order valence-corrected chi connectivity index (χ4v) is 4.18. The van der Waals surface area contributed by atoms with Crippen LogP contribution in [0.1, 0.15) is 43.9 Å². The molecule has 1 aliphatic heterocycles. The lowest BCUT2D eigenvalue weighted by Crippen LogP contribution is -2.25. The largest absolute Gasteiger partial charge is 0.573 e. The van der Waals surface area contributed by atoms with Crippen LogP contribution in [0.15, 0.2) is 71.7 Å². The normalized spacial score (nSPS) is 18.3. The summed E-state index contributed by atoms with van der Waals surface area (Å²) in [7, 11) is 0. The van der Waals surface area contributed by atoms with Crippen molar-refractivity contribution in [1.82, 2.24) is 0 Å². The van der Waals surface area contributed by atoms with Crippen LogP contribution < -0.4 is 4.74 Å². The van der Waals surface area contributed by atoms with E-state index in [2.05, 4.69) is 9.73 Å². The first kappa shape index (κ1) is 26.3. The average Bonchev–Trinajstić information content (AvgIpc) is 3.28. The third-order valence-corrected chi connectivity index (χ3v) is 6.21. The van der Waals surface area contributed by atoms with Crippen LogP contribution in [0.4, 0.5) is 22.0 Å². The molecule has 0 aliphatic carbocycles. The number of benzene rings is 3. The van der Waals surface area contributed by atoms with Crippen molar-refractivity contribution < 1.29 is 36.2 Å². The third-order valence-electron chi connectivity index (χ3n) is 6.21. The fourth-order valence-electron chi connectivity index (χ4n) is 4.18. The van der Waals surface area contributed by atoms with E-state index in [1.165, 1.54) is 30.3 Å². The molecule has 0 amide bonds. The van der Waals surface area contributed by atoms with Gasteiger partial charge in [0.25, 0.3) is 0 Å². The minimum absolute atomic E-state index is 0.0141. The molecule has 0 radical (unpaired) electrons. The summed E-state index contributed by atoms with van der Waals surface area (Å²) in [6.07, 6.45) is -4.48. The summed E-state index contributed by atoms with van der Waals surface area (Å²) >= 11 is 0. The van der Waals surface area contributed by atoms with Crippen molar-refractivity contribution in [2.45, 2.75) is 45.2 Å². The smallest absolute Gasteiger partial charge is 0.462 e. The molecule has 0 N–H and O–H groups in total. The Morgan fingerprint density at radius 2 is 1.54 bits per heavy atom. The van der Waals surface area contributed by atoms with E-state index in [1.807, 2.05) is 6.92 Å². The van der Waals surface area contributed by atoms with E-state index < -0.39 is 35.9 Å². The molecule has 0 aromatic heterocycles. The van der Waals surface area contributed by atoms with Crippen molar-refractivity contribution in [3.8, 4) is 16.9 Å². The Morgan fingerprint density at radius 1 is 0.973 bits per heavy atom. The van der Waals surface area contributed by atoms with Gasteiger partial charge in [0.1, 0.15) is 17.4 Å². The Bertz CT molecular complexity index is 1270. The van der Waals surface area contributed by atoms with Crippen molar-refractivity contribution in [2.75, 3.05) is 0 Å². The quantitative estimate of drug-likeness (QED) is 0.242. The van der Waals surface area contributed by atoms with E-state index in [9.17, 15) is 26.7 Å². The van der Waals surface area contributed by atoms with Crippen LogP contribution in [0.3, 0.4) is 0 Å². The monoisotopic (exact) mass is 517 g/mol. The molecule has 3 aromatic rings. The summed E-state index contributed by atoms with van der Waals surface area (Å²) in [6, 6.07) is 15.2. The first-order valence-corrected chi connectivity index (χ1v) is 11.7. The van der Waals surface area contributed by atoms with Gasteiger partial charge in [-0.05, 0) is 54.3 Å². The Hall–Kier alpha value is -3.75. The van der Waals surface area contributed by atoms with Crippen LogP contribution >= 0.6 is 0 Å². The average molecular weight is 517 g/mol. The lowest BCUT2D eigenvalue weighted by atomic mass is 9.90. The molecule has 194 valence electrons. The number of rotatable bonds is 7. The minimum Gasteiger partial charge on any atom is -0.462 e. The van der Waals surface area contributed by atoms with E-state index in [1.54, 1.807) is 31.2 Å². The summed E-state index contributed by atoms with van der Waals surface area (Å²) in [5.41, 5.74) is 1.89. The second kappa shape index (κ2) is 10.7. The van der Waals surface area contributed by atoms with Gasteiger partial charge in [0.15, 0.2) is 0 Å². The molecule has 3 unspecified atom stereocenters. The van der Waals surface area contributed by atoms with Crippen molar-refractivity contribution in [3.63, 3.8) is 0 Å². The lowest BCUT2D eigenvalue weighted by molar-refractivity contribution is -0.274. The highest BCUT2D eigenvalue weighted by molar-refractivity contribution is 6.04. The molecule has 1 aliphatic rings. The highest BCUT2D eigenvalue weighted by Crippen LogP contribution is 2.39. The minimum atomic E-state index is -4.78. The maximum Gasteiger partial charge on any atom is 0.573 e. The summed E-state index contributed by atoms with van der Waals surface area (Å²) in [5, 5.41) is 0. The molecular weight excluding hydrogens is 493 g/mol. The van der Waals surface area contributed by atoms with Gasteiger partial charge >= 0.3 is 12.3 Å². The number of carbonyl (C=O) groups excluding carboxylic acids is 1. The van der Waals surface area contributed by atoms with E-state index in [-0.39, 0.29) is 29.5 Å². The van der Waals surface area contributed by atoms with Gasteiger partial charge in [-0.15, -0.1) is 13.2 Å². The molecule has 3 atom stereocenters. The van der Waals surface area contributed by atoms with Gasteiger partial charge in [-0.1, -0.05) is 49.4 Å². The van der Waals surface area contributed by atoms with Crippen molar-refractivity contribution in [1.29, 1.82) is 0 Å². The van der Waals surface area contributed by atoms with Crippen LogP contribution in [0.2, 0.25) is 0 Å². The number of ether oxygens (including phenoxy) is 2. The van der Waals surface area contributed by atoms with Crippen LogP contribution in [-0.4, -0.2) is 24.1 Å². The second-order valence-corrected chi connectivity index (χ2v) is 8.78. The molecule has 4 nitrogen and oxygen atoms in total. The summed E-state index contributed by atoms with van der Waals surface area (Å²) in [5.74, 6) is -3.13. The van der Waals surface area contributed by atoms with E-state index >= 15 is 0 Å². The van der Waals surface area contributed by atoms with E-state index in [0.717, 1.165) is 12.1 Å². The number of alkyl halides is 3. The fraction of sp³-hybridized carbons (Fsp3) is 0.286. The molecule has 4 rings (SSSR count). The summed E-state index contributed by atoms with van der Waals surface area (Å²) in [6.45, 7) is 3.64. The molecule has 1 heterocycles. The molecule has 37 heavy (non-hydrogen) atoms.